The van der Waals surface area contributed by atoms with Gasteiger partial charge in [0, 0.05) is 52.0 Å². The molecule has 1 unspecified atom stereocenters. The molecule has 1 aliphatic rings. The average Bonchev–Trinajstić information content (AvgIpc) is 3.02. The van der Waals surface area contributed by atoms with Crippen LogP contribution in [0.5, 0.6) is 0 Å². The number of nitrogens with one attached hydrogen (secondary N) is 2. The lowest BCUT2D eigenvalue weighted by molar-refractivity contribution is 0.267. The molecule has 1 aromatic rings. The Balaban J connectivity index is 0.00000288. The highest BCUT2D eigenvalue weighted by Crippen LogP contribution is 2.16. The van der Waals surface area contributed by atoms with Gasteiger partial charge in [-0.2, -0.15) is 0 Å². The first kappa shape index (κ1) is 21.0. The molecule has 1 aliphatic heterocycles. The normalized spacial score (nSPS) is 18.2. The smallest absolute Gasteiger partial charge is 0.191 e. The molecule has 1 saturated heterocycles. The number of rotatable bonds is 6. The van der Waals surface area contributed by atoms with E-state index in [1.807, 2.05) is 38.3 Å². The molecular formula is C17H31IN6. The van der Waals surface area contributed by atoms with Crippen molar-refractivity contribution in [1.82, 2.24) is 20.5 Å². The minimum absolute atomic E-state index is 0. The summed E-state index contributed by atoms with van der Waals surface area (Å²) in [6, 6.07) is 4.69. The Morgan fingerprint density at radius 1 is 1.42 bits per heavy atom. The summed E-state index contributed by atoms with van der Waals surface area (Å²) in [5, 5.41) is 6.85. The van der Waals surface area contributed by atoms with Crippen LogP contribution in [0.1, 0.15) is 25.3 Å². The van der Waals surface area contributed by atoms with Crippen molar-refractivity contribution in [2.75, 3.05) is 45.7 Å². The Kier molecular flexibility index (Phi) is 9.35. The molecule has 7 heteroatoms. The van der Waals surface area contributed by atoms with Gasteiger partial charge in [0.25, 0.3) is 0 Å². The van der Waals surface area contributed by atoms with Crippen LogP contribution in [0.15, 0.2) is 23.3 Å². The summed E-state index contributed by atoms with van der Waals surface area (Å²) in [7, 11) is 5.84. The summed E-state index contributed by atoms with van der Waals surface area (Å²) in [5.74, 6) is 1.84. The van der Waals surface area contributed by atoms with E-state index in [-0.39, 0.29) is 24.0 Å². The van der Waals surface area contributed by atoms with Gasteiger partial charge < -0.3 is 15.5 Å². The number of likely N-dealkylation sites (tertiary alicyclic amines) is 1. The van der Waals surface area contributed by atoms with Crippen LogP contribution in [-0.4, -0.2) is 62.7 Å². The Bertz CT molecular complexity index is 520. The van der Waals surface area contributed by atoms with E-state index in [2.05, 4.69) is 38.5 Å². The highest BCUT2D eigenvalue weighted by Gasteiger charge is 2.22. The molecule has 0 saturated carbocycles. The first-order chi connectivity index (χ1) is 11.2. The first-order valence-corrected chi connectivity index (χ1v) is 8.45. The molecule has 2 rings (SSSR count). The summed E-state index contributed by atoms with van der Waals surface area (Å²) in [6.07, 6.45) is 4.39. The molecule has 0 radical (unpaired) electrons. The fourth-order valence-corrected chi connectivity index (χ4v) is 3.13. The second-order valence-corrected chi connectivity index (χ2v) is 6.11. The maximum atomic E-state index is 4.43. The van der Waals surface area contributed by atoms with E-state index in [1.54, 1.807) is 0 Å². The molecule has 1 atom stereocenters. The number of halogens is 1. The van der Waals surface area contributed by atoms with E-state index < -0.39 is 0 Å². The molecule has 0 aliphatic carbocycles. The lowest BCUT2D eigenvalue weighted by atomic mass is 10.2. The van der Waals surface area contributed by atoms with Crippen molar-refractivity contribution in [1.29, 1.82) is 0 Å². The van der Waals surface area contributed by atoms with Gasteiger partial charge in [-0.1, -0.05) is 13.0 Å². The fourth-order valence-electron chi connectivity index (χ4n) is 3.13. The fraction of sp³-hybridized carbons (Fsp3) is 0.647. The van der Waals surface area contributed by atoms with Gasteiger partial charge in [-0.15, -0.1) is 24.0 Å². The molecule has 1 fully saturated rings. The number of anilines is 1. The molecular weight excluding hydrogens is 415 g/mol. The van der Waals surface area contributed by atoms with Crippen molar-refractivity contribution in [2.24, 2.45) is 4.99 Å². The van der Waals surface area contributed by atoms with Crippen molar-refractivity contribution < 1.29 is 0 Å². The van der Waals surface area contributed by atoms with Gasteiger partial charge in [-0.05, 0) is 32.0 Å². The van der Waals surface area contributed by atoms with E-state index >= 15 is 0 Å². The molecule has 0 bridgehead atoms. The van der Waals surface area contributed by atoms with Crippen LogP contribution in [0.2, 0.25) is 0 Å². The van der Waals surface area contributed by atoms with Gasteiger partial charge in [0.2, 0.25) is 0 Å². The summed E-state index contributed by atoms with van der Waals surface area (Å²) >= 11 is 0. The molecule has 1 aromatic heterocycles. The Labute approximate surface area is 163 Å². The SMILES string of the molecule is CCN1CCCC1CNC(=NC)NCc1cccnc1N(C)C.I. The molecule has 24 heavy (non-hydrogen) atoms. The van der Waals surface area contributed by atoms with Gasteiger partial charge in [0.1, 0.15) is 5.82 Å². The van der Waals surface area contributed by atoms with Crippen LogP contribution >= 0.6 is 24.0 Å². The topological polar surface area (TPSA) is 55.8 Å². The summed E-state index contributed by atoms with van der Waals surface area (Å²) < 4.78 is 0. The number of hydrogen-bond acceptors (Lipinski definition) is 4. The zero-order chi connectivity index (χ0) is 16.7. The van der Waals surface area contributed by atoms with Crippen LogP contribution in [0.25, 0.3) is 0 Å². The number of aliphatic imine (C=N–C) groups is 1. The quantitative estimate of drug-likeness (QED) is 0.397. The lowest BCUT2D eigenvalue weighted by Gasteiger charge is -2.24. The third-order valence-electron chi connectivity index (χ3n) is 4.37. The van der Waals surface area contributed by atoms with Crippen LogP contribution in [0, 0.1) is 0 Å². The molecule has 0 aromatic carbocycles. The third-order valence-corrected chi connectivity index (χ3v) is 4.37. The van der Waals surface area contributed by atoms with Crippen LogP contribution < -0.4 is 15.5 Å². The van der Waals surface area contributed by atoms with Crippen molar-refractivity contribution in [3.05, 3.63) is 23.9 Å². The molecule has 2 heterocycles. The summed E-state index contributed by atoms with van der Waals surface area (Å²) in [4.78, 5) is 13.3. The molecule has 0 amide bonds. The standard InChI is InChI=1S/C17H30N6.HI/c1-5-23-11-7-9-15(23)13-21-17(18-2)20-12-14-8-6-10-19-16(14)22(3)4;/h6,8,10,15H,5,7,9,11-13H2,1-4H3,(H2,18,20,21);1H. The first-order valence-electron chi connectivity index (χ1n) is 8.45. The van der Waals surface area contributed by atoms with E-state index in [0.717, 1.165) is 30.4 Å². The Morgan fingerprint density at radius 3 is 2.88 bits per heavy atom. The molecule has 2 N–H and O–H groups in total. The van der Waals surface area contributed by atoms with Gasteiger partial charge in [-0.25, -0.2) is 4.98 Å². The monoisotopic (exact) mass is 446 g/mol. The minimum atomic E-state index is 0. The molecule has 136 valence electrons. The van der Waals surface area contributed by atoms with E-state index in [9.17, 15) is 0 Å². The number of aromatic nitrogens is 1. The van der Waals surface area contributed by atoms with Gasteiger partial charge in [0.15, 0.2) is 5.96 Å². The highest BCUT2D eigenvalue weighted by atomic mass is 127. The number of guanidine groups is 1. The van der Waals surface area contributed by atoms with Gasteiger partial charge in [0.05, 0.1) is 0 Å². The van der Waals surface area contributed by atoms with Crippen LogP contribution in [0.4, 0.5) is 5.82 Å². The molecule has 6 nitrogen and oxygen atoms in total. The minimum Gasteiger partial charge on any atom is -0.362 e. The number of nitrogens with zero attached hydrogens (tertiary/aromatic N) is 4. The molecule has 0 spiro atoms. The van der Waals surface area contributed by atoms with Crippen molar-refractivity contribution in [3.8, 4) is 0 Å². The number of pyridine rings is 1. The summed E-state index contributed by atoms with van der Waals surface area (Å²) in [5.41, 5.74) is 1.16. The largest absolute Gasteiger partial charge is 0.362 e. The maximum Gasteiger partial charge on any atom is 0.191 e. The van der Waals surface area contributed by atoms with Crippen molar-refractivity contribution in [3.63, 3.8) is 0 Å². The Morgan fingerprint density at radius 2 is 2.21 bits per heavy atom. The number of hydrogen-bond donors (Lipinski definition) is 2. The van der Waals surface area contributed by atoms with Gasteiger partial charge >= 0.3 is 0 Å². The second kappa shape index (κ2) is 10.7. The predicted molar refractivity (Wildman–Crippen MR) is 112 cm³/mol. The van der Waals surface area contributed by atoms with Crippen LogP contribution in [0.3, 0.4) is 0 Å². The third kappa shape index (κ3) is 5.77. The predicted octanol–water partition coefficient (Wildman–Crippen LogP) is 1.91. The maximum absolute atomic E-state index is 4.43. The summed E-state index contributed by atoms with van der Waals surface area (Å²) in [6.45, 7) is 6.23. The van der Waals surface area contributed by atoms with E-state index in [1.165, 1.54) is 19.4 Å². The lowest BCUT2D eigenvalue weighted by Crippen LogP contribution is -2.44. The van der Waals surface area contributed by atoms with Gasteiger partial charge in [-0.3, -0.25) is 9.89 Å². The number of likely N-dealkylation sites (N-methyl/N-ethyl adjacent to an activating group) is 1. The van der Waals surface area contributed by atoms with Crippen molar-refractivity contribution >= 4 is 35.8 Å². The highest BCUT2D eigenvalue weighted by molar-refractivity contribution is 14.0. The zero-order valence-electron chi connectivity index (χ0n) is 15.2. The second-order valence-electron chi connectivity index (χ2n) is 6.11. The zero-order valence-corrected chi connectivity index (χ0v) is 17.6. The van der Waals surface area contributed by atoms with Crippen LogP contribution in [-0.2, 0) is 6.54 Å². The van der Waals surface area contributed by atoms with E-state index in [0.29, 0.717) is 12.6 Å². The van der Waals surface area contributed by atoms with Crippen molar-refractivity contribution in [2.45, 2.75) is 32.4 Å². The Hall–Kier alpha value is -1.09. The average molecular weight is 446 g/mol. The van der Waals surface area contributed by atoms with E-state index in [4.69, 9.17) is 0 Å².